The number of carboxylic acids is 1. The van der Waals surface area contributed by atoms with Crippen LogP contribution in [0.1, 0.15) is 135 Å². The van der Waals surface area contributed by atoms with E-state index in [0.717, 1.165) is 25.7 Å². The summed E-state index contributed by atoms with van der Waals surface area (Å²) >= 11 is 3.58. The van der Waals surface area contributed by atoms with Crippen molar-refractivity contribution in [2.45, 2.75) is 135 Å². The van der Waals surface area contributed by atoms with E-state index in [1.54, 1.807) is 0 Å². The third kappa shape index (κ3) is 27.1. The van der Waals surface area contributed by atoms with Crippen molar-refractivity contribution in [3.8, 4) is 0 Å². The minimum Gasteiger partial charge on any atom is -0.481 e. The molecule has 0 rings (SSSR count). The van der Waals surface area contributed by atoms with Crippen LogP contribution in [0.5, 0.6) is 0 Å². The van der Waals surface area contributed by atoms with Crippen molar-refractivity contribution >= 4 is 21.9 Å². The molecule has 0 fully saturated rings. The fourth-order valence-electron chi connectivity index (χ4n) is 3.59. The number of unbranched alkanes of at least 4 members (excludes halogenated alkanes) is 14. The number of halogens is 1. The summed E-state index contributed by atoms with van der Waals surface area (Å²) in [4.78, 5) is 10.5. The van der Waals surface area contributed by atoms with Gasteiger partial charge in [0.1, 0.15) is 0 Å². The molecule has 0 bridgehead atoms. The fourth-order valence-corrected chi connectivity index (χ4v) is 4.05. The lowest BCUT2D eigenvalue weighted by Crippen LogP contribution is -1.92. The minimum atomic E-state index is -0.709. The second-order valence-corrected chi connectivity index (χ2v) is 9.69. The zero-order chi connectivity index (χ0) is 22.8. The molecule has 0 heterocycles. The molecule has 0 saturated carbocycles. The zero-order valence-electron chi connectivity index (χ0n) is 20.3. The van der Waals surface area contributed by atoms with Gasteiger partial charge in [0.2, 0.25) is 0 Å². The summed E-state index contributed by atoms with van der Waals surface area (Å²) in [5.41, 5.74) is 0. The molecular weight excluding hydrogens is 448 g/mol. The maximum absolute atomic E-state index is 10.5. The SMILES string of the molecule is CCC/C=C\CCCCCCCCCCCCC/C=C\CC/C(Br)=C\CCCC(=O)O. The predicted octanol–water partition coefficient (Wildman–Crippen LogP) is 10.3. The molecule has 0 aromatic rings. The van der Waals surface area contributed by atoms with Crippen LogP contribution in [0.25, 0.3) is 0 Å². The molecule has 180 valence electrons. The Kier molecular flexibility index (Phi) is 24.7. The molecule has 0 aliphatic carbocycles. The van der Waals surface area contributed by atoms with Crippen molar-refractivity contribution < 1.29 is 9.90 Å². The Morgan fingerprint density at radius 2 is 1.06 bits per heavy atom. The maximum Gasteiger partial charge on any atom is 0.303 e. The fraction of sp³-hybridized carbons (Fsp3) is 0.750. The Morgan fingerprint density at radius 1 is 0.613 bits per heavy atom. The summed E-state index contributed by atoms with van der Waals surface area (Å²) in [5.74, 6) is -0.709. The maximum atomic E-state index is 10.5. The second-order valence-electron chi connectivity index (χ2n) is 8.67. The Labute approximate surface area is 201 Å². The molecule has 0 saturated heterocycles. The molecule has 0 atom stereocenters. The monoisotopic (exact) mass is 496 g/mol. The lowest BCUT2D eigenvalue weighted by atomic mass is 10.0. The third-order valence-electron chi connectivity index (χ3n) is 5.54. The average molecular weight is 498 g/mol. The first kappa shape index (κ1) is 30.2. The summed E-state index contributed by atoms with van der Waals surface area (Å²) in [5, 5.41) is 8.62. The molecule has 0 amide bonds. The van der Waals surface area contributed by atoms with Crippen LogP contribution in [0.15, 0.2) is 34.9 Å². The van der Waals surface area contributed by atoms with E-state index in [4.69, 9.17) is 5.11 Å². The first-order valence-electron chi connectivity index (χ1n) is 13.0. The summed E-state index contributed by atoms with van der Waals surface area (Å²) in [6.07, 6.45) is 35.7. The van der Waals surface area contributed by atoms with Gasteiger partial charge in [0.15, 0.2) is 0 Å². The third-order valence-corrected chi connectivity index (χ3v) is 6.26. The summed E-state index contributed by atoms with van der Waals surface area (Å²) in [6.45, 7) is 2.24. The van der Waals surface area contributed by atoms with E-state index in [0.29, 0.717) is 0 Å². The Morgan fingerprint density at radius 3 is 1.55 bits per heavy atom. The van der Waals surface area contributed by atoms with Gasteiger partial charge in [-0.05, 0) is 62.3 Å². The highest BCUT2D eigenvalue weighted by Gasteiger charge is 1.96. The van der Waals surface area contributed by atoms with Gasteiger partial charge in [-0.3, -0.25) is 4.79 Å². The predicted molar refractivity (Wildman–Crippen MR) is 141 cm³/mol. The van der Waals surface area contributed by atoms with E-state index in [1.807, 2.05) is 0 Å². The van der Waals surface area contributed by atoms with Crippen LogP contribution in [0.4, 0.5) is 0 Å². The molecule has 0 spiro atoms. The smallest absolute Gasteiger partial charge is 0.303 e. The van der Waals surface area contributed by atoms with E-state index >= 15 is 0 Å². The van der Waals surface area contributed by atoms with Crippen molar-refractivity contribution in [3.63, 3.8) is 0 Å². The zero-order valence-corrected chi connectivity index (χ0v) is 21.8. The molecule has 31 heavy (non-hydrogen) atoms. The number of hydrogen-bond donors (Lipinski definition) is 1. The van der Waals surface area contributed by atoms with Crippen LogP contribution in [-0.2, 0) is 4.79 Å². The molecule has 1 N–H and O–H groups in total. The van der Waals surface area contributed by atoms with Gasteiger partial charge in [-0.15, -0.1) is 0 Å². The number of carboxylic acid groups (broad SMARTS) is 1. The lowest BCUT2D eigenvalue weighted by Gasteiger charge is -2.02. The van der Waals surface area contributed by atoms with E-state index in [2.05, 4.69) is 53.2 Å². The minimum absolute atomic E-state index is 0.258. The van der Waals surface area contributed by atoms with Crippen molar-refractivity contribution in [1.82, 2.24) is 0 Å². The first-order valence-corrected chi connectivity index (χ1v) is 13.8. The Balaban J connectivity index is 3.27. The van der Waals surface area contributed by atoms with Crippen LogP contribution >= 0.6 is 15.9 Å². The second kappa shape index (κ2) is 25.4. The summed E-state index contributed by atoms with van der Waals surface area (Å²) in [6, 6.07) is 0. The molecule has 0 aliphatic heterocycles. The first-order chi connectivity index (χ1) is 15.2. The molecule has 0 aromatic heterocycles. The number of allylic oxidation sites excluding steroid dienone is 6. The van der Waals surface area contributed by atoms with Gasteiger partial charge < -0.3 is 5.11 Å². The van der Waals surface area contributed by atoms with Crippen LogP contribution < -0.4 is 0 Å². The van der Waals surface area contributed by atoms with E-state index in [-0.39, 0.29) is 6.42 Å². The van der Waals surface area contributed by atoms with Gasteiger partial charge in [0.05, 0.1) is 0 Å². The largest absolute Gasteiger partial charge is 0.481 e. The Hall–Kier alpha value is -0.830. The van der Waals surface area contributed by atoms with Gasteiger partial charge >= 0.3 is 5.97 Å². The van der Waals surface area contributed by atoms with Crippen molar-refractivity contribution in [1.29, 1.82) is 0 Å². The lowest BCUT2D eigenvalue weighted by molar-refractivity contribution is -0.137. The van der Waals surface area contributed by atoms with Crippen LogP contribution in [-0.4, -0.2) is 11.1 Å². The molecule has 2 nitrogen and oxygen atoms in total. The average Bonchev–Trinajstić information content (AvgIpc) is 2.75. The molecule has 0 aliphatic rings. The highest BCUT2D eigenvalue weighted by molar-refractivity contribution is 9.11. The normalized spacial score (nSPS) is 12.4. The summed E-state index contributed by atoms with van der Waals surface area (Å²) < 4.78 is 1.20. The van der Waals surface area contributed by atoms with Gasteiger partial charge in [0, 0.05) is 6.42 Å². The van der Waals surface area contributed by atoms with Crippen LogP contribution in [0.3, 0.4) is 0 Å². The standard InChI is InChI=1S/C28H49BrO2/c1-2-3-4-5-6-7-8-9-10-11-12-13-14-15-16-17-18-19-20-21-24-27(29)25-22-23-26-28(30)31/h4-5,19-20,25H,2-3,6-18,21-24,26H2,1H3,(H,30,31)/b5-4-,20-19-,27-25+. The van der Waals surface area contributed by atoms with E-state index in [1.165, 1.54) is 101 Å². The number of carbonyl (C=O) groups is 1. The molecular formula is C28H49BrO2. The van der Waals surface area contributed by atoms with E-state index < -0.39 is 5.97 Å². The Bertz CT molecular complexity index is 479. The highest BCUT2D eigenvalue weighted by atomic mass is 79.9. The van der Waals surface area contributed by atoms with Gasteiger partial charge in [-0.25, -0.2) is 0 Å². The molecule has 0 aromatic carbocycles. The van der Waals surface area contributed by atoms with Gasteiger partial charge in [-0.1, -0.05) is 117 Å². The number of hydrogen-bond acceptors (Lipinski definition) is 1. The quantitative estimate of drug-likeness (QED) is 0.113. The topological polar surface area (TPSA) is 37.3 Å². The van der Waals surface area contributed by atoms with E-state index in [9.17, 15) is 4.79 Å². The highest BCUT2D eigenvalue weighted by Crippen LogP contribution is 2.16. The van der Waals surface area contributed by atoms with Crippen molar-refractivity contribution in [2.24, 2.45) is 0 Å². The molecule has 0 unspecified atom stereocenters. The summed E-state index contributed by atoms with van der Waals surface area (Å²) in [7, 11) is 0. The molecule has 0 radical (unpaired) electrons. The van der Waals surface area contributed by atoms with Crippen molar-refractivity contribution in [3.05, 3.63) is 34.9 Å². The van der Waals surface area contributed by atoms with Gasteiger partial charge in [-0.2, -0.15) is 0 Å². The number of aliphatic carboxylic acids is 1. The molecule has 3 heteroatoms. The van der Waals surface area contributed by atoms with Crippen molar-refractivity contribution in [2.75, 3.05) is 0 Å². The number of rotatable bonds is 23. The van der Waals surface area contributed by atoms with Crippen LogP contribution in [0, 0.1) is 0 Å². The van der Waals surface area contributed by atoms with Crippen LogP contribution in [0.2, 0.25) is 0 Å². The van der Waals surface area contributed by atoms with Gasteiger partial charge in [0.25, 0.3) is 0 Å².